The standard InChI is InChI=1S/C12H14BrF2NO2/c1-3-18-6-7(2)16-12(17)11-9(14)4-8(13)5-10(11)15/h4-5,7H,3,6H2,1-2H3,(H,16,17). The molecule has 0 fully saturated rings. The first-order chi connectivity index (χ1) is 8.45. The number of hydrogen-bond donors (Lipinski definition) is 1. The highest BCUT2D eigenvalue weighted by Crippen LogP contribution is 2.19. The Balaban J connectivity index is 2.78. The summed E-state index contributed by atoms with van der Waals surface area (Å²) in [5.41, 5.74) is -0.582. The van der Waals surface area contributed by atoms with E-state index in [0.717, 1.165) is 12.1 Å². The lowest BCUT2D eigenvalue weighted by atomic mass is 10.1. The molecule has 1 aromatic rings. The second kappa shape index (κ2) is 6.80. The van der Waals surface area contributed by atoms with Gasteiger partial charge in [-0.2, -0.15) is 0 Å². The van der Waals surface area contributed by atoms with E-state index >= 15 is 0 Å². The molecular formula is C12H14BrF2NO2. The maximum atomic E-state index is 13.5. The maximum Gasteiger partial charge on any atom is 0.257 e. The fourth-order valence-corrected chi connectivity index (χ4v) is 1.79. The molecule has 18 heavy (non-hydrogen) atoms. The highest BCUT2D eigenvalue weighted by Gasteiger charge is 2.19. The third-order valence-corrected chi connectivity index (χ3v) is 2.64. The van der Waals surface area contributed by atoms with E-state index in [1.54, 1.807) is 6.92 Å². The van der Waals surface area contributed by atoms with E-state index < -0.39 is 23.1 Å². The minimum Gasteiger partial charge on any atom is -0.380 e. The van der Waals surface area contributed by atoms with E-state index in [0.29, 0.717) is 13.2 Å². The third kappa shape index (κ3) is 4.03. The molecule has 3 nitrogen and oxygen atoms in total. The smallest absolute Gasteiger partial charge is 0.257 e. The van der Waals surface area contributed by atoms with Crippen molar-refractivity contribution in [2.45, 2.75) is 19.9 Å². The van der Waals surface area contributed by atoms with E-state index in [2.05, 4.69) is 21.2 Å². The summed E-state index contributed by atoms with van der Waals surface area (Å²) in [5.74, 6) is -2.59. The molecule has 0 saturated heterocycles. The molecule has 100 valence electrons. The predicted molar refractivity (Wildman–Crippen MR) is 67.5 cm³/mol. The van der Waals surface area contributed by atoms with Crippen LogP contribution in [0.25, 0.3) is 0 Å². The van der Waals surface area contributed by atoms with Crippen molar-refractivity contribution < 1.29 is 18.3 Å². The molecule has 0 aromatic heterocycles. The molecule has 0 radical (unpaired) electrons. The van der Waals surface area contributed by atoms with Crippen LogP contribution in [0.3, 0.4) is 0 Å². The first-order valence-electron chi connectivity index (χ1n) is 5.48. The minimum absolute atomic E-state index is 0.247. The number of carbonyl (C=O) groups is 1. The highest BCUT2D eigenvalue weighted by molar-refractivity contribution is 9.10. The van der Waals surface area contributed by atoms with Crippen LogP contribution in [0.1, 0.15) is 24.2 Å². The fourth-order valence-electron chi connectivity index (χ4n) is 1.39. The fraction of sp³-hybridized carbons (Fsp3) is 0.417. The monoisotopic (exact) mass is 321 g/mol. The normalized spacial score (nSPS) is 12.3. The molecule has 0 aliphatic heterocycles. The zero-order valence-electron chi connectivity index (χ0n) is 10.1. The Kier molecular flexibility index (Phi) is 5.68. The molecule has 6 heteroatoms. The summed E-state index contributed by atoms with van der Waals surface area (Å²) in [7, 11) is 0. The number of halogens is 3. The largest absolute Gasteiger partial charge is 0.380 e. The molecule has 0 aliphatic carbocycles. The summed E-state index contributed by atoms with van der Waals surface area (Å²) in [4.78, 5) is 11.7. The summed E-state index contributed by atoms with van der Waals surface area (Å²) >= 11 is 2.95. The van der Waals surface area contributed by atoms with E-state index in [-0.39, 0.29) is 10.5 Å². The molecule has 0 aliphatic rings. The van der Waals surface area contributed by atoms with Gasteiger partial charge in [0.2, 0.25) is 0 Å². The predicted octanol–water partition coefficient (Wildman–Crippen LogP) is 2.88. The zero-order chi connectivity index (χ0) is 13.7. The number of benzene rings is 1. The van der Waals surface area contributed by atoms with Crippen molar-refractivity contribution in [1.82, 2.24) is 5.32 Å². The number of nitrogens with one attached hydrogen (secondary N) is 1. The molecular weight excluding hydrogens is 308 g/mol. The lowest BCUT2D eigenvalue weighted by molar-refractivity contribution is 0.0864. The molecule has 1 unspecified atom stereocenters. The maximum absolute atomic E-state index is 13.5. The van der Waals surface area contributed by atoms with Crippen LogP contribution in [0.4, 0.5) is 8.78 Å². The molecule has 0 spiro atoms. The van der Waals surface area contributed by atoms with Gasteiger partial charge >= 0.3 is 0 Å². The Morgan fingerprint density at radius 3 is 2.50 bits per heavy atom. The zero-order valence-corrected chi connectivity index (χ0v) is 11.7. The van der Waals surface area contributed by atoms with E-state index in [4.69, 9.17) is 4.74 Å². The lowest BCUT2D eigenvalue weighted by Crippen LogP contribution is -2.36. The van der Waals surface area contributed by atoms with Crippen LogP contribution in [0, 0.1) is 11.6 Å². The molecule has 1 amide bonds. The number of carbonyl (C=O) groups excluding carboxylic acids is 1. The Morgan fingerprint density at radius 2 is 2.00 bits per heavy atom. The van der Waals surface area contributed by atoms with Crippen molar-refractivity contribution in [3.05, 3.63) is 33.8 Å². The van der Waals surface area contributed by atoms with Crippen LogP contribution >= 0.6 is 15.9 Å². The van der Waals surface area contributed by atoms with E-state index in [1.807, 2.05) is 6.92 Å². The summed E-state index contributed by atoms with van der Waals surface area (Å²) in [5, 5.41) is 2.47. The van der Waals surface area contributed by atoms with Crippen molar-refractivity contribution in [1.29, 1.82) is 0 Å². The molecule has 0 saturated carbocycles. The van der Waals surface area contributed by atoms with Crippen LogP contribution in [0.15, 0.2) is 16.6 Å². The van der Waals surface area contributed by atoms with Gasteiger partial charge in [-0.15, -0.1) is 0 Å². The van der Waals surface area contributed by atoms with Gasteiger partial charge in [0.05, 0.1) is 6.61 Å². The molecule has 1 rings (SSSR count). The number of hydrogen-bond acceptors (Lipinski definition) is 2. The summed E-state index contributed by atoms with van der Waals surface area (Å²) in [6.45, 7) is 4.33. The molecule has 1 aromatic carbocycles. The van der Waals surface area contributed by atoms with Crippen molar-refractivity contribution >= 4 is 21.8 Å². The van der Waals surface area contributed by atoms with Gasteiger partial charge in [0, 0.05) is 17.1 Å². The third-order valence-electron chi connectivity index (χ3n) is 2.18. The highest BCUT2D eigenvalue weighted by atomic mass is 79.9. The Labute approximate surface area is 113 Å². The van der Waals surface area contributed by atoms with Gasteiger partial charge in [-0.25, -0.2) is 8.78 Å². The van der Waals surface area contributed by atoms with Crippen LogP contribution < -0.4 is 5.32 Å². The van der Waals surface area contributed by atoms with Gasteiger partial charge in [0.1, 0.15) is 17.2 Å². The number of amides is 1. The van der Waals surface area contributed by atoms with Gasteiger partial charge in [-0.1, -0.05) is 15.9 Å². The number of ether oxygens (including phenoxy) is 1. The first-order valence-corrected chi connectivity index (χ1v) is 6.28. The second-order valence-electron chi connectivity index (χ2n) is 3.78. The van der Waals surface area contributed by atoms with Crippen molar-refractivity contribution in [2.75, 3.05) is 13.2 Å². The minimum atomic E-state index is -0.900. The Morgan fingerprint density at radius 1 is 1.44 bits per heavy atom. The van der Waals surface area contributed by atoms with Gasteiger partial charge in [0.15, 0.2) is 0 Å². The molecule has 0 bridgehead atoms. The summed E-state index contributed by atoms with van der Waals surface area (Å²) < 4.78 is 32.4. The van der Waals surface area contributed by atoms with Gasteiger partial charge in [-0.05, 0) is 26.0 Å². The molecule has 0 heterocycles. The van der Waals surface area contributed by atoms with Gasteiger partial charge < -0.3 is 10.1 Å². The van der Waals surface area contributed by atoms with Gasteiger partial charge in [0.25, 0.3) is 5.91 Å². The topological polar surface area (TPSA) is 38.3 Å². The van der Waals surface area contributed by atoms with Crippen molar-refractivity contribution in [3.8, 4) is 0 Å². The average Bonchev–Trinajstić information content (AvgIpc) is 2.24. The van der Waals surface area contributed by atoms with Crippen LogP contribution in [-0.4, -0.2) is 25.2 Å². The van der Waals surface area contributed by atoms with Crippen molar-refractivity contribution in [2.24, 2.45) is 0 Å². The molecule has 1 atom stereocenters. The van der Waals surface area contributed by atoms with E-state index in [9.17, 15) is 13.6 Å². The Hall–Kier alpha value is -1.01. The van der Waals surface area contributed by atoms with E-state index in [1.165, 1.54) is 0 Å². The molecule has 1 N–H and O–H groups in total. The SMILES string of the molecule is CCOCC(C)NC(=O)c1c(F)cc(Br)cc1F. The summed E-state index contributed by atoms with van der Waals surface area (Å²) in [6, 6.07) is 1.77. The van der Waals surface area contributed by atoms with Crippen LogP contribution in [0.5, 0.6) is 0 Å². The van der Waals surface area contributed by atoms with Crippen LogP contribution in [-0.2, 0) is 4.74 Å². The summed E-state index contributed by atoms with van der Waals surface area (Å²) in [6.07, 6.45) is 0. The first kappa shape index (κ1) is 15.0. The average molecular weight is 322 g/mol. The Bertz CT molecular complexity index is 417. The van der Waals surface area contributed by atoms with Crippen molar-refractivity contribution in [3.63, 3.8) is 0 Å². The second-order valence-corrected chi connectivity index (χ2v) is 4.69. The number of rotatable bonds is 5. The van der Waals surface area contributed by atoms with Crippen LogP contribution in [0.2, 0.25) is 0 Å². The van der Waals surface area contributed by atoms with Gasteiger partial charge in [-0.3, -0.25) is 4.79 Å². The quantitative estimate of drug-likeness (QED) is 0.905. The lowest BCUT2D eigenvalue weighted by Gasteiger charge is -2.14.